The van der Waals surface area contributed by atoms with Gasteiger partial charge in [0, 0.05) is 17.7 Å². The first kappa shape index (κ1) is 23.8. The first-order chi connectivity index (χ1) is 16.4. The predicted molar refractivity (Wildman–Crippen MR) is 131 cm³/mol. The molecule has 2 aromatic carbocycles. The van der Waals surface area contributed by atoms with Gasteiger partial charge in [-0.25, -0.2) is 14.3 Å². The maximum absolute atomic E-state index is 13.0. The molecule has 0 amide bonds. The Morgan fingerprint density at radius 1 is 0.971 bits per heavy atom. The number of hydrogen-bond acceptors (Lipinski definition) is 5. The van der Waals surface area contributed by atoms with Crippen molar-refractivity contribution in [3.05, 3.63) is 70.1 Å². The summed E-state index contributed by atoms with van der Waals surface area (Å²) >= 11 is 0. The molecule has 1 aliphatic rings. The summed E-state index contributed by atoms with van der Waals surface area (Å²) in [6, 6.07) is 16.1. The highest BCUT2D eigenvalue weighted by molar-refractivity contribution is 5.77. The third-order valence-corrected chi connectivity index (χ3v) is 6.47. The van der Waals surface area contributed by atoms with Gasteiger partial charge in [-0.3, -0.25) is 0 Å². The van der Waals surface area contributed by atoms with E-state index in [1.54, 1.807) is 0 Å². The Kier molecular flexibility index (Phi) is 7.53. The van der Waals surface area contributed by atoms with Crippen LogP contribution < -0.4 is 5.69 Å². The molecule has 7 heteroatoms. The molecule has 1 fully saturated rings. The minimum atomic E-state index is -0.940. The Hall–Kier alpha value is -3.32. The lowest BCUT2D eigenvalue weighted by atomic mass is 9.82. The van der Waals surface area contributed by atoms with Crippen LogP contribution >= 0.6 is 0 Å². The van der Waals surface area contributed by atoms with E-state index in [2.05, 4.69) is 4.98 Å². The van der Waals surface area contributed by atoms with E-state index in [0.717, 1.165) is 47.9 Å². The molecule has 1 aromatic heterocycles. The number of hydrogen-bond donors (Lipinski definition) is 1. The number of carboxylic acid groups (broad SMARTS) is 1. The number of rotatable bonds is 8. The number of carbonyl (C=O) groups is 1. The molecular weight excluding hydrogens is 430 g/mol. The van der Waals surface area contributed by atoms with Crippen LogP contribution in [0.4, 0.5) is 0 Å². The summed E-state index contributed by atoms with van der Waals surface area (Å²) in [5.41, 5.74) is 5.05. The summed E-state index contributed by atoms with van der Waals surface area (Å²) in [5, 5.41) is 13.5. The van der Waals surface area contributed by atoms with E-state index >= 15 is 0 Å². The number of aromatic nitrogens is 3. The van der Waals surface area contributed by atoms with Gasteiger partial charge in [0.1, 0.15) is 18.0 Å². The lowest BCUT2D eigenvalue weighted by molar-refractivity contribution is -0.142. The number of benzene rings is 2. The van der Waals surface area contributed by atoms with Crippen molar-refractivity contribution in [1.29, 1.82) is 0 Å². The zero-order valence-electron chi connectivity index (χ0n) is 19.7. The van der Waals surface area contributed by atoms with Crippen molar-refractivity contribution >= 4 is 5.97 Å². The lowest BCUT2D eigenvalue weighted by Crippen LogP contribution is -2.31. The molecule has 178 valence electrons. The first-order valence-corrected chi connectivity index (χ1v) is 11.8. The smallest absolute Gasteiger partial charge is 0.364 e. The van der Waals surface area contributed by atoms with E-state index in [-0.39, 0.29) is 12.3 Å². The van der Waals surface area contributed by atoms with Crippen molar-refractivity contribution < 1.29 is 14.6 Å². The van der Waals surface area contributed by atoms with Crippen LogP contribution in [0.3, 0.4) is 0 Å². The highest BCUT2D eigenvalue weighted by atomic mass is 16.5. The molecule has 1 heterocycles. The van der Waals surface area contributed by atoms with Crippen LogP contribution in [-0.4, -0.2) is 39.1 Å². The summed E-state index contributed by atoms with van der Waals surface area (Å²) in [6.45, 7) is 4.82. The standard InChI is InChI=1S/C27H31N3O4/c1-18-6-12-22(13-7-18)26-25(23-5-3-4-19(2)14-23)28-27(33)30(29-26)15-20-8-10-21(11-9-20)16-34-17-24(31)32/h3-7,12-14,20-21H,8-11,15-17H2,1-2H3,(H,31,32)/t20-,21-. The molecule has 34 heavy (non-hydrogen) atoms. The quantitative estimate of drug-likeness (QED) is 0.531. The van der Waals surface area contributed by atoms with Crippen LogP contribution in [0.5, 0.6) is 0 Å². The monoisotopic (exact) mass is 461 g/mol. The zero-order chi connectivity index (χ0) is 24.1. The molecule has 0 radical (unpaired) electrons. The van der Waals surface area contributed by atoms with Gasteiger partial charge in [-0.1, -0.05) is 53.6 Å². The van der Waals surface area contributed by atoms with E-state index in [9.17, 15) is 9.59 Å². The van der Waals surface area contributed by atoms with Gasteiger partial charge in [-0.15, -0.1) is 0 Å². The van der Waals surface area contributed by atoms with Crippen LogP contribution in [0.1, 0.15) is 36.8 Å². The molecule has 0 bridgehead atoms. The molecule has 1 aliphatic carbocycles. The maximum Gasteiger partial charge on any atom is 0.364 e. The fraction of sp³-hybridized carbons (Fsp3) is 0.407. The molecule has 1 N–H and O–H groups in total. The fourth-order valence-electron chi connectivity index (χ4n) is 4.57. The molecule has 0 unspecified atom stereocenters. The van der Waals surface area contributed by atoms with E-state index in [1.807, 2.05) is 62.4 Å². The topological polar surface area (TPSA) is 94.3 Å². The number of nitrogens with zero attached hydrogens (tertiary/aromatic N) is 3. The Labute approximate surface area is 199 Å². The lowest BCUT2D eigenvalue weighted by Gasteiger charge is -2.28. The van der Waals surface area contributed by atoms with Gasteiger partial charge in [0.25, 0.3) is 0 Å². The van der Waals surface area contributed by atoms with Crippen LogP contribution in [-0.2, 0) is 16.1 Å². The maximum atomic E-state index is 13.0. The van der Waals surface area contributed by atoms with Crippen LogP contribution in [0, 0.1) is 25.7 Å². The van der Waals surface area contributed by atoms with E-state index < -0.39 is 5.97 Å². The average molecular weight is 462 g/mol. The fourth-order valence-corrected chi connectivity index (χ4v) is 4.57. The Balaban J connectivity index is 1.56. The van der Waals surface area contributed by atoms with Gasteiger partial charge in [0.15, 0.2) is 0 Å². The van der Waals surface area contributed by atoms with Crippen molar-refractivity contribution in [2.24, 2.45) is 11.8 Å². The molecule has 3 aromatic rings. The molecular formula is C27H31N3O4. The zero-order valence-corrected chi connectivity index (χ0v) is 19.7. The van der Waals surface area contributed by atoms with Crippen LogP contribution in [0.25, 0.3) is 22.5 Å². The SMILES string of the molecule is Cc1ccc(-c2nn(C[C@H]3CC[C@H](COCC(=O)O)CC3)c(=O)nc2-c2cccc(C)c2)cc1. The third-order valence-electron chi connectivity index (χ3n) is 6.47. The molecule has 7 nitrogen and oxygen atoms in total. The molecule has 1 saturated carbocycles. The molecule has 4 rings (SSSR count). The van der Waals surface area contributed by atoms with Crippen LogP contribution in [0.2, 0.25) is 0 Å². The van der Waals surface area contributed by atoms with E-state index in [4.69, 9.17) is 14.9 Å². The molecule has 0 atom stereocenters. The normalized spacial score (nSPS) is 18.1. The van der Waals surface area contributed by atoms with E-state index in [1.165, 1.54) is 4.68 Å². The van der Waals surface area contributed by atoms with Gasteiger partial charge in [0.2, 0.25) is 0 Å². The Morgan fingerprint density at radius 3 is 2.35 bits per heavy atom. The number of carboxylic acids is 1. The van der Waals surface area contributed by atoms with Crippen molar-refractivity contribution in [3.8, 4) is 22.5 Å². The second-order valence-corrected chi connectivity index (χ2v) is 9.30. The van der Waals surface area contributed by atoms with Gasteiger partial charge >= 0.3 is 11.7 Å². The Bertz CT molecular complexity index is 1200. The number of aliphatic carboxylic acids is 1. The second-order valence-electron chi connectivity index (χ2n) is 9.30. The molecule has 0 saturated heterocycles. The van der Waals surface area contributed by atoms with Gasteiger partial charge in [-0.2, -0.15) is 10.1 Å². The largest absolute Gasteiger partial charge is 0.480 e. The second kappa shape index (κ2) is 10.7. The van der Waals surface area contributed by atoms with Gasteiger partial charge in [0.05, 0.1) is 6.61 Å². The molecule has 0 spiro atoms. The first-order valence-electron chi connectivity index (χ1n) is 11.8. The summed E-state index contributed by atoms with van der Waals surface area (Å²) < 4.78 is 6.78. The van der Waals surface area contributed by atoms with Gasteiger partial charge in [-0.05, 0) is 57.4 Å². The summed E-state index contributed by atoms with van der Waals surface area (Å²) in [6.07, 6.45) is 3.82. The summed E-state index contributed by atoms with van der Waals surface area (Å²) in [7, 11) is 0. The highest BCUT2D eigenvalue weighted by Gasteiger charge is 2.24. The van der Waals surface area contributed by atoms with Crippen molar-refractivity contribution in [2.75, 3.05) is 13.2 Å². The highest BCUT2D eigenvalue weighted by Crippen LogP contribution is 2.31. The average Bonchev–Trinajstić information content (AvgIpc) is 2.81. The minimum Gasteiger partial charge on any atom is -0.480 e. The van der Waals surface area contributed by atoms with E-state index in [0.29, 0.717) is 36.4 Å². The van der Waals surface area contributed by atoms with Gasteiger partial charge < -0.3 is 9.84 Å². The van der Waals surface area contributed by atoms with Crippen molar-refractivity contribution in [1.82, 2.24) is 14.8 Å². The number of ether oxygens (including phenoxy) is 1. The summed E-state index contributed by atoms with van der Waals surface area (Å²) in [4.78, 5) is 28.1. The number of aryl methyl sites for hydroxylation is 2. The Morgan fingerprint density at radius 2 is 1.68 bits per heavy atom. The third kappa shape index (κ3) is 5.97. The summed E-state index contributed by atoms with van der Waals surface area (Å²) in [5.74, 6) is -0.242. The van der Waals surface area contributed by atoms with Crippen molar-refractivity contribution in [3.63, 3.8) is 0 Å². The molecule has 0 aliphatic heterocycles. The van der Waals surface area contributed by atoms with Crippen LogP contribution in [0.15, 0.2) is 53.3 Å². The van der Waals surface area contributed by atoms with Crippen molar-refractivity contribution in [2.45, 2.75) is 46.1 Å². The minimum absolute atomic E-state index is 0.250. The predicted octanol–water partition coefficient (Wildman–Crippen LogP) is 4.50.